The molecule has 3 aliphatic rings. The summed E-state index contributed by atoms with van der Waals surface area (Å²) < 4.78 is 5.71. The molecule has 3 aromatic rings. The Labute approximate surface area is 288 Å². The Bertz CT molecular complexity index is 1880. The number of rotatable bonds is 9. The van der Waals surface area contributed by atoms with Gasteiger partial charge in [-0.05, 0) is 98.4 Å². The third-order valence-corrected chi connectivity index (χ3v) is 10.6. The summed E-state index contributed by atoms with van der Waals surface area (Å²) in [5.74, 6) is -10.4. The van der Waals surface area contributed by atoms with Crippen LogP contribution < -0.4 is 15.8 Å². The van der Waals surface area contributed by atoms with Gasteiger partial charge in [-0.15, -0.1) is 0 Å². The fraction of sp³-hybridized carbons (Fsp3) is 0.378. The van der Waals surface area contributed by atoms with E-state index >= 15 is 0 Å². The van der Waals surface area contributed by atoms with Crippen LogP contribution in [0.1, 0.15) is 33.5 Å². The summed E-state index contributed by atoms with van der Waals surface area (Å²) in [5, 5.41) is 27.0. The molecule has 6 atom stereocenters. The lowest BCUT2D eigenvalue weighted by atomic mass is 9.52. The zero-order valence-electron chi connectivity index (χ0n) is 27.4. The standard InChI is InChI=1S/C37H38ClN3O8/c1-41(2)31-25-16-20-15-24-22(23-14-19(6-11-27(23)49-3)17-40-13-12-18-4-7-21(38)8-5-18)9-10-26(42)29(24)32(43)28(20)34(45)37(25,48)35(46)30(33(31)44)36(39)47/h4-11,14,20,25,28,30-31,40,42,48H,12-13,15-17H2,1-3H3,(H2,39,47)/t20-,25-,28?,30?,31-,37-/m1/s1. The van der Waals surface area contributed by atoms with Crippen molar-refractivity contribution in [2.75, 3.05) is 27.7 Å². The van der Waals surface area contributed by atoms with E-state index in [0.29, 0.717) is 34.0 Å². The van der Waals surface area contributed by atoms with Gasteiger partial charge in [-0.1, -0.05) is 35.9 Å². The van der Waals surface area contributed by atoms with Crippen molar-refractivity contribution >= 4 is 40.6 Å². The van der Waals surface area contributed by atoms with Gasteiger partial charge in [0.2, 0.25) is 5.91 Å². The van der Waals surface area contributed by atoms with E-state index in [2.05, 4.69) is 5.32 Å². The van der Waals surface area contributed by atoms with E-state index in [9.17, 15) is 34.2 Å². The minimum atomic E-state index is -2.78. The van der Waals surface area contributed by atoms with Crippen molar-refractivity contribution in [2.45, 2.75) is 37.5 Å². The van der Waals surface area contributed by atoms with E-state index in [-0.39, 0.29) is 24.2 Å². The number of phenolic OH excluding ortho intramolecular Hbond substituents is 1. The van der Waals surface area contributed by atoms with Crippen LogP contribution in [0.3, 0.4) is 0 Å². The molecule has 256 valence electrons. The number of benzene rings is 3. The SMILES string of the molecule is COc1ccc(CNCCc2ccc(Cl)cc2)cc1-c1ccc(O)c2c1C[C@@H]1C[C@@H]3[C@@H](N(C)C)C(=O)C(C(N)=O)C(=O)[C@]3(O)C(=O)C1C2=O. The number of primary amides is 1. The van der Waals surface area contributed by atoms with Gasteiger partial charge in [-0.2, -0.15) is 0 Å². The van der Waals surface area contributed by atoms with E-state index in [1.54, 1.807) is 20.2 Å². The van der Waals surface area contributed by atoms with Crippen LogP contribution in [0.25, 0.3) is 11.1 Å². The smallest absolute Gasteiger partial charge is 0.235 e. The number of methoxy groups -OCH3 is 1. The first-order chi connectivity index (χ1) is 23.3. The van der Waals surface area contributed by atoms with Crippen molar-refractivity contribution in [3.05, 3.63) is 81.9 Å². The number of aliphatic hydroxyl groups is 1. The van der Waals surface area contributed by atoms with Crippen LogP contribution in [-0.2, 0) is 38.6 Å². The topological polar surface area (TPSA) is 176 Å². The molecular weight excluding hydrogens is 650 g/mol. The molecule has 11 nitrogen and oxygen atoms in total. The Morgan fingerprint density at radius 1 is 1.02 bits per heavy atom. The van der Waals surface area contributed by atoms with E-state index in [1.807, 2.05) is 42.5 Å². The highest BCUT2D eigenvalue weighted by Gasteiger charge is 2.69. The molecule has 2 saturated carbocycles. The predicted octanol–water partition coefficient (Wildman–Crippen LogP) is 2.53. The van der Waals surface area contributed by atoms with E-state index in [0.717, 1.165) is 24.1 Å². The first-order valence-electron chi connectivity index (χ1n) is 16.1. The number of fused-ring (bicyclic) bond motifs is 3. The van der Waals surface area contributed by atoms with E-state index < -0.39 is 64.4 Å². The number of hydrogen-bond acceptors (Lipinski definition) is 10. The van der Waals surface area contributed by atoms with Crippen LogP contribution in [0.15, 0.2) is 54.6 Å². The molecule has 3 aliphatic carbocycles. The Kier molecular flexibility index (Phi) is 9.23. The molecule has 5 N–H and O–H groups in total. The van der Waals surface area contributed by atoms with Gasteiger partial charge < -0.3 is 26.0 Å². The van der Waals surface area contributed by atoms with Crippen LogP contribution in [0.5, 0.6) is 11.5 Å². The van der Waals surface area contributed by atoms with Crippen molar-refractivity contribution in [3.8, 4) is 22.6 Å². The number of nitrogens with zero attached hydrogens (tertiary/aromatic N) is 1. The van der Waals surface area contributed by atoms with Gasteiger partial charge in [-0.25, -0.2) is 0 Å². The van der Waals surface area contributed by atoms with Crippen molar-refractivity contribution in [1.82, 2.24) is 10.2 Å². The zero-order chi connectivity index (χ0) is 35.4. The van der Waals surface area contributed by atoms with Crippen molar-refractivity contribution in [2.24, 2.45) is 29.4 Å². The largest absolute Gasteiger partial charge is 0.507 e. The highest BCUT2D eigenvalue weighted by molar-refractivity contribution is 6.32. The molecule has 0 spiro atoms. The molecule has 0 aliphatic heterocycles. The van der Waals surface area contributed by atoms with E-state index in [4.69, 9.17) is 22.1 Å². The first kappa shape index (κ1) is 34.4. The fourth-order valence-electron chi connectivity index (χ4n) is 8.05. The molecule has 0 bridgehead atoms. The number of aromatic hydroxyl groups is 1. The lowest BCUT2D eigenvalue weighted by Crippen LogP contribution is -2.74. The van der Waals surface area contributed by atoms with Gasteiger partial charge in [0.15, 0.2) is 34.7 Å². The Hall–Kier alpha value is -4.42. The summed E-state index contributed by atoms with van der Waals surface area (Å²) in [5.41, 5.74) is 6.47. The second-order valence-corrected chi connectivity index (χ2v) is 13.8. The van der Waals surface area contributed by atoms with Crippen molar-refractivity contribution in [1.29, 1.82) is 0 Å². The number of likely N-dealkylation sites (N-methyl/N-ethyl adjacent to an activating group) is 1. The van der Waals surface area contributed by atoms with Gasteiger partial charge in [-0.3, -0.25) is 28.9 Å². The second-order valence-electron chi connectivity index (χ2n) is 13.4. The third-order valence-electron chi connectivity index (χ3n) is 10.3. The first-order valence-corrected chi connectivity index (χ1v) is 16.5. The zero-order valence-corrected chi connectivity index (χ0v) is 28.1. The number of ether oxygens (including phenoxy) is 1. The molecule has 0 aromatic heterocycles. The Morgan fingerprint density at radius 3 is 2.37 bits per heavy atom. The molecule has 0 radical (unpaired) electrons. The molecule has 0 heterocycles. The second kappa shape index (κ2) is 13.1. The lowest BCUT2D eigenvalue weighted by molar-refractivity contribution is -0.181. The number of halogens is 1. The third kappa shape index (κ3) is 5.74. The molecule has 1 amide bonds. The summed E-state index contributed by atoms with van der Waals surface area (Å²) in [4.78, 5) is 69.0. The number of nitrogens with one attached hydrogen (secondary N) is 1. The normalized spacial score (nSPS) is 26.3. The summed E-state index contributed by atoms with van der Waals surface area (Å²) in [6.45, 7) is 1.26. The minimum absolute atomic E-state index is 0.0340. The Morgan fingerprint density at radius 2 is 1.71 bits per heavy atom. The molecular formula is C37H38ClN3O8. The van der Waals surface area contributed by atoms with Crippen LogP contribution in [0.4, 0.5) is 0 Å². The maximum absolute atomic E-state index is 14.2. The Balaban J connectivity index is 1.35. The van der Waals surface area contributed by atoms with Gasteiger partial charge in [0.05, 0.1) is 24.6 Å². The average molecular weight is 688 g/mol. The van der Waals surface area contributed by atoms with Crippen LogP contribution in [0.2, 0.25) is 5.02 Å². The van der Waals surface area contributed by atoms with Crippen molar-refractivity contribution in [3.63, 3.8) is 0 Å². The summed E-state index contributed by atoms with van der Waals surface area (Å²) in [7, 11) is 4.64. The fourth-order valence-corrected chi connectivity index (χ4v) is 8.18. The molecule has 3 aromatic carbocycles. The molecule has 49 heavy (non-hydrogen) atoms. The van der Waals surface area contributed by atoms with Gasteiger partial charge in [0.1, 0.15) is 11.5 Å². The molecule has 6 rings (SSSR count). The molecule has 2 unspecified atom stereocenters. The summed E-state index contributed by atoms with van der Waals surface area (Å²) in [6, 6.07) is 15.3. The molecule has 12 heteroatoms. The van der Waals surface area contributed by atoms with Crippen LogP contribution >= 0.6 is 11.6 Å². The number of Topliss-reactive ketones (excluding diaryl/α,β-unsaturated/α-hetero) is 4. The van der Waals surface area contributed by atoms with Crippen molar-refractivity contribution < 1.29 is 38.9 Å². The minimum Gasteiger partial charge on any atom is -0.507 e. The maximum atomic E-state index is 14.2. The van der Waals surface area contributed by atoms with E-state index in [1.165, 1.54) is 18.1 Å². The van der Waals surface area contributed by atoms with Gasteiger partial charge in [0.25, 0.3) is 0 Å². The maximum Gasteiger partial charge on any atom is 0.235 e. The van der Waals surface area contributed by atoms with Gasteiger partial charge in [0, 0.05) is 23.0 Å². The number of phenols is 1. The average Bonchev–Trinajstić information content (AvgIpc) is 3.05. The van der Waals surface area contributed by atoms with Crippen LogP contribution in [0, 0.1) is 23.7 Å². The molecule has 0 saturated heterocycles. The number of carbonyl (C=O) groups excluding carboxylic acids is 5. The quantitative estimate of drug-likeness (QED) is 0.193. The summed E-state index contributed by atoms with van der Waals surface area (Å²) >= 11 is 5.99. The number of nitrogens with two attached hydrogens (primary N) is 1. The predicted molar refractivity (Wildman–Crippen MR) is 180 cm³/mol. The highest BCUT2D eigenvalue weighted by atomic mass is 35.5. The monoisotopic (exact) mass is 687 g/mol. The number of hydrogen-bond donors (Lipinski definition) is 4. The molecule has 2 fully saturated rings. The number of carbonyl (C=O) groups is 5. The highest BCUT2D eigenvalue weighted by Crippen LogP contribution is 2.52. The number of amides is 1. The lowest BCUT2D eigenvalue weighted by Gasteiger charge is -2.52. The summed E-state index contributed by atoms with van der Waals surface area (Å²) in [6.07, 6.45) is 0.913. The van der Waals surface area contributed by atoms with Crippen LogP contribution in [-0.4, -0.2) is 83.5 Å². The number of ketones is 4. The van der Waals surface area contributed by atoms with Gasteiger partial charge >= 0.3 is 0 Å².